The number of hydrogen-bond donors (Lipinski definition) is 1. The van der Waals surface area contributed by atoms with E-state index >= 15 is 0 Å². The van der Waals surface area contributed by atoms with Crippen molar-refractivity contribution in [2.75, 3.05) is 6.61 Å². The molecular weight excluding hydrogens is 529 g/mol. The molecule has 1 aromatic carbocycles. The largest absolute Gasteiger partial charge is 0.384 e. The number of ether oxygens (including phenoxy) is 1. The lowest BCUT2D eigenvalue weighted by molar-refractivity contribution is 0.0403. The van der Waals surface area contributed by atoms with Crippen molar-refractivity contribution in [2.45, 2.75) is 86.4 Å². The van der Waals surface area contributed by atoms with Gasteiger partial charge in [-0.3, -0.25) is 0 Å². The first kappa shape index (κ1) is 29.5. The van der Waals surface area contributed by atoms with Gasteiger partial charge in [-0.15, -0.1) is 0 Å². The van der Waals surface area contributed by atoms with Crippen LogP contribution in [0.2, 0.25) is 0 Å². The average molecular weight is 573 g/mol. The van der Waals surface area contributed by atoms with Crippen LogP contribution in [0, 0.1) is 10.8 Å². The molecule has 0 saturated heterocycles. The van der Waals surface area contributed by atoms with Crippen molar-refractivity contribution in [3.8, 4) is 0 Å². The number of benzene rings is 1. The maximum Gasteiger partial charge on any atom is 0.107 e. The molecule has 2 aliphatic heterocycles. The van der Waals surface area contributed by atoms with Crippen LogP contribution >= 0.6 is 23.5 Å². The highest BCUT2D eigenvalue weighted by Crippen LogP contribution is 2.52. The van der Waals surface area contributed by atoms with Gasteiger partial charge in [0.1, 0.15) is 12.2 Å². The standard InChI is InChI=1S/C36H44O2S2/c1-8-38-34-31(25-19-27(23-15-11-9-12-16-23)39-29(21-25)35(2,3)4)33(37)32(34)26-20-28(24-17-13-10-14-18-24)40-30(22-26)36(5,6)7/h9,11-12,15-17,19-22,33-34,37H,8,10,13-14,18H2,1-7H3/b31-25+,32-26+. The van der Waals surface area contributed by atoms with Crippen molar-refractivity contribution in [2.24, 2.45) is 10.8 Å². The summed E-state index contributed by atoms with van der Waals surface area (Å²) in [5.74, 6) is 0. The lowest BCUT2D eigenvalue weighted by atomic mass is 9.72. The molecule has 4 aliphatic rings. The molecule has 2 aliphatic carbocycles. The Labute approximate surface area is 250 Å². The molecule has 0 spiro atoms. The maximum atomic E-state index is 11.9. The zero-order valence-corrected chi connectivity index (χ0v) is 26.8. The van der Waals surface area contributed by atoms with Crippen LogP contribution in [0.15, 0.2) is 103 Å². The van der Waals surface area contributed by atoms with E-state index in [1.54, 1.807) is 0 Å². The fraction of sp³-hybridized carbons (Fsp3) is 0.444. The summed E-state index contributed by atoms with van der Waals surface area (Å²) >= 11 is 3.75. The Morgan fingerprint density at radius 3 is 1.90 bits per heavy atom. The van der Waals surface area contributed by atoms with Crippen molar-refractivity contribution in [3.05, 3.63) is 109 Å². The second-order valence-corrected chi connectivity index (χ2v) is 15.3. The summed E-state index contributed by atoms with van der Waals surface area (Å²) in [7, 11) is 0. The minimum Gasteiger partial charge on any atom is -0.384 e. The first-order valence-corrected chi connectivity index (χ1v) is 16.4. The topological polar surface area (TPSA) is 29.5 Å². The minimum atomic E-state index is -0.659. The van der Waals surface area contributed by atoms with Gasteiger partial charge in [-0.05, 0) is 99.8 Å². The lowest BCUT2D eigenvalue weighted by Gasteiger charge is -2.42. The van der Waals surface area contributed by atoms with Crippen molar-refractivity contribution in [3.63, 3.8) is 0 Å². The molecule has 1 saturated carbocycles. The first-order chi connectivity index (χ1) is 19.0. The van der Waals surface area contributed by atoms with Gasteiger partial charge in [0.25, 0.3) is 0 Å². The van der Waals surface area contributed by atoms with E-state index in [4.69, 9.17) is 4.74 Å². The highest BCUT2D eigenvalue weighted by molar-refractivity contribution is 8.11. The quantitative estimate of drug-likeness (QED) is 0.389. The van der Waals surface area contributed by atoms with E-state index in [1.165, 1.54) is 43.6 Å². The number of allylic oxidation sites excluding steroid dienone is 10. The average Bonchev–Trinajstić information content (AvgIpc) is 2.93. The molecule has 1 aromatic rings. The van der Waals surface area contributed by atoms with Gasteiger partial charge in [-0.25, -0.2) is 0 Å². The SMILES string of the molecule is CCOC1/C(=C2\C=C(C3=CCCCC3)SC(C(C)(C)C)=C2)C(O)/C1=C1/C=C(c2ccccc2)SC(C(C)(C)C)=C1. The van der Waals surface area contributed by atoms with Crippen LogP contribution in [0.5, 0.6) is 0 Å². The van der Waals surface area contributed by atoms with E-state index in [-0.39, 0.29) is 16.9 Å². The van der Waals surface area contributed by atoms with Crippen molar-refractivity contribution < 1.29 is 9.84 Å². The van der Waals surface area contributed by atoms with Crippen LogP contribution in [-0.2, 0) is 4.74 Å². The van der Waals surface area contributed by atoms with E-state index in [0.29, 0.717) is 6.61 Å². The Bertz CT molecular complexity index is 1370. The van der Waals surface area contributed by atoms with Gasteiger partial charge in [0, 0.05) is 27.6 Å². The molecule has 0 radical (unpaired) electrons. The second kappa shape index (κ2) is 11.7. The van der Waals surface area contributed by atoms with Gasteiger partial charge in [-0.2, -0.15) is 0 Å². The maximum absolute atomic E-state index is 11.9. The van der Waals surface area contributed by atoms with Gasteiger partial charge in [0.2, 0.25) is 0 Å². The van der Waals surface area contributed by atoms with E-state index in [0.717, 1.165) is 35.1 Å². The monoisotopic (exact) mass is 572 g/mol. The Kier molecular flexibility index (Phi) is 8.65. The van der Waals surface area contributed by atoms with Crippen molar-refractivity contribution >= 4 is 28.4 Å². The number of aliphatic hydroxyl groups is 1. The van der Waals surface area contributed by atoms with Crippen LogP contribution < -0.4 is 0 Å². The van der Waals surface area contributed by atoms with Crippen molar-refractivity contribution in [1.29, 1.82) is 0 Å². The predicted molar refractivity (Wildman–Crippen MR) is 175 cm³/mol. The molecule has 2 nitrogen and oxygen atoms in total. The molecule has 1 fully saturated rings. The number of rotatable bonds is 4. The third kappa shape index (κ3) is 6.11. The van der Waals surface area contributed by atoms with Gasteiger partial charge >= 0.3 is 0 Å². The summed E-state index contributed by atoms with van der Waals surface area (Å²) in [5.41, 5.74) is 6.88. The zero-order chi connectivity index (χ0) is 28.7. The summed E-state index contributed by atoms with van der Waals surface area (Å²) in [5, 5.41) is 11.9. The zero-order valence-electron chi connectivity index (χ0n) is 25.1. The third-order valence-electron chi connectivity index (χ3n) is 7.88. The molecule has 0 bridgehead atoms. The van der Waals surface area contributed by atoms with Crippen LogP contribution in [0.25, 0.3) is 4.91 Å². The molecule has 2 heterocycles. The van der Waals surface area contributed by atoms with E-state index in [9.17, 15) is 5.11 Å². The Morgan fingerprint density at radius 1 is 0.800 bits per heavy atom. The summed E-state index contributed by atoms with van der Waals surface area (Å²) in [6, 6.07) is 10.6. The predicted octanol–water partition coefficient (Wildman–Crippen LogP) is 10.1. The number of aliphatic hydroxyl groups excluding tert-OH is 1. The summed E-state index contributed by atoms with van der Waals surface area (Å²) < 4.78 is 6.42. The van der Waals surface area contributed by atoms with E-state index in [1.807, 2.05) is 23.5 Å². The molecular formula is C36H44O2S2. The van der Waals surface area contributed by atoms with Crippen LogP contribution in [0.1, 0.15) is 79.7 Å². The molecule has 5 rings (SSSR count). The Hall–Kier alpha value is -1.98. The molecule has 0 aromatic heterocycles. The molecule has 2 unspecified atom stereocenters. The molecule has 4 heteroatoms. The van der Waals surface area contributed by atoms with Gasteiger partial charge < -0.3 is 9.84 Å². The number of thioether (sulfide) groups is 2. The minimum absolute atomic E-state index is 0.00182. The Morgan fingerprint density at radius 2 is 1.38 bits per heavy atom. The second-order valence-electron chi connectivity index (χ2n) is 13.1. The molecule has 1 N–H and O–H groups in total. The molecule has 212 valence electrons. The fourth-order valence-electron chi connectivity index (χ4n) is 5.53. The highest BCUT2D eigenvalue weighted by atomic mass is 32.2. The lowest BCUT2D eigenvalue weighted by Crippen LogP contribution is -2.44. The highest BCUT2D eigenvalue weighted by Gasteiger charge is 2.44. The fourth-order valence-corrected chi connectivity index (χ4v) is 7.93. The van der Waals surface area contributed by atoms with Crippen LogP contribution in [-0.4, -0.2) is 23.9 Å². The summed E-state index contributed by atoms with van der Waals surface area (Å²) in [4.78, 5) is 5.20. The first-order valence-electron chi connectivity index (χ1n) is 14.7. The van der Waals surface area contributed by atoms with Gasteiger partial charge in [0.05, 0.1) is 0 Å². The third-order valence-corrected chi connectivity index (χ3v) is 11.0. The normalized spacial score (nSPS) is 27.8. The molecule has 40 heavy (non-hydrogen) atoms. The summed E-state index contributed by atoms with van der Waals surface area (Å²) in [6.07, 6.45) is 15.5. The van der Waals surface area contributed by atoms with E-state index in [2.05, 4.69) is 109 Å². The van der Waals surface area contributed by atoms with Crippen molar-refractivity contribution in [1.82, 2.24) is 0 Å². The Balaban J connectivity index is 1.65. The smallest absolute Gasteiger partial charge is 0.107 e. The molecule has 0 amide bonds. The van der Waals surface area contributed by atoms with Crippen LogP contribution in [0.3, 0.4) is 0 Å². The van der Waals surface area contributed by atoms with Crippen LogP contribution in [0.4, 0.5) is 0 Å². The number of hydrogen-bond acceptors (Lipinski definition) is 4. The van der Waals surface area contributed by atoms with E-state index < -0.39 is 6.10 Å². The van der Waals surface area contributed by atoms with Gasteiger partial charge in [-0.1, -0.05) is 101 Å². The summed E-state index contributed by atoms with van der Waals surface area (Å²) in [6.45, 7) is 16.3. The molecule has 2 atom stereocenters. The van der Waals surface area contributed by atoms with Gasteiger partial charge in [0.15, 0.2) is 0 Å².